The van der Waals surface area contributed by atoms with Gasteiger partial charge in [-0.15, -0.1) is 0 Å². The Morgan fingerprint density at radius 3 is 1.64 bits per heavy atom. The largest absolute Gasteiger partial charge is 0.267 e. The number of hydrogen-bond donors (Lipinski definition) is 1. The van der Waals surface area contributed by atoms with E-state index >= 15 is 0 Å². The molecule has 0 saturated carbocycles. The van der Waals surface area contributed by atoms with Gasteiger partial charge in [-0.1, -0.05) is 39.6 Å². The van der Waals surface area contributed by atoms with Crippen molar-refractivity contribution in [1.29, 1.82) is 0 Å². The highest BCUT2D eigenvalue weighted by Gasteiger charge is 2.18. The summed E-state index contributed by atoms with van der Waals surface area (Å²) in [6.07, 6.45) is 2.46. The number of rotatable bonds is 4. The Morgan fingerprint density at radius 1 is 1.18 bits per heavy atom. The molecule has 0 aromatic rings. The fourth-order valence-electron chi connectivity index (χ4n) is 0.641. The molecule has 0 aliphatic carbocycles. The van der Waals surface area contributed by atoms with E-state index in [1.807, 2.05) is 32.8 Å². The molecule has 2 heteroatoms. The van der Waals surface area contributed by atoms with Crippen LogP contribution in [0.2, 0.25) is 0 Å². The first kappa shape index (κ1) is 13.9. The van der Waals surface area contributed by atoms with E-state index in [1.165, 1.54) is 12.8 Å². The third-order valence-corrected chi connectivity index (χ3v) is 3.12. The van der Waals surface area contributed by atoms with E-state index < -0.39 is 0 Å². The summed E-state index contributed by atoms with van der Waals surface area (Å²) in [5.41, 5.74) is 0. The number of hydrogen-bond acceptors (Lipinski definition) is 2. The van der Waals surface area contributed by atoms with E-state index in [4.69, 9.17) is 0 Å². The van der Waals surface area contributed by atoms with E-state index in [0.717, 1.165) is 0 Å². The summed E-state index contributed by atoms with van der Waals surface area (Å²) < 4.78 is 3.57. The summed E-state index contributed by atoms with van der Waals surface area (Å²) >= 11 is 1.83. The molecule has 1 nitrogen and oxygen atoms in total. The molecule has 0 aliphatic rings. The number of nitrogens with one attached hydrogen (secondary N) is 1. The fraction of sp³-hybridized carbons (Fsp3) is 1.00. The van der Waals surface area contributed by atoms with Crippen molar-refractivity contribution < 1.29 is 0 Å². The summed E-state index contributed by atoms with van der Waals surface area (Å²) in [6, 6.07) is 0. The van der Waals surface area contributed by atoms with Crippen molar-refractivity contribution in [1.82, 2.24) is 4.72 Å². The van der Waals surface area contributed by atoms with E-state index in [0.29, 0.717) is 4.75 Å². The van der Waals surface area contributed by atoms with Crippen molar-refractivity contribution in [3.63, 3.8) is 0 Å². The molecule has 0 aromatic heterocycles. The standard InChI is InChI=1S/C7H17NS.C2H6/c1-5-7(3,6-2)9-8-4;1-2/h8H,5-6H2,1-4H3;1-2H3. The SMILES string of the molecule is CC.CCC(C)(CC)SNC. The second-order valence-electron chi connectivity index (χ2n) is 2.46. The molecule has 11 heavy (non-hydrogen) atoms. The highest BCUT2D eigenvalue weighted by atomic mass is 32.2. The molecule has 0 saturated heterocycles. The van der Waals surface area contributed by atoms with Crippen LogP contribution in [0.5, 0.6) is 0 Å². The van der Waals surface area contributed by atoms with Gasteiger partial charge in [-0.3, -0.25) is 4.72 Å². The predicted octanol–water partition coefficient (Wildman–Crippen LogP) is 3.46. The first-order chi connectivity index (χ1) is 5.18. The summed E-state index contributed by atoms with van der Waals surface area (Å²) in [7, 11) is 1.98. The van der Waals surface area contributed by atoms with Crippen molar-refractivity contribution in [2.24, 2.45) is 0 Å². The van der Waals surface area contributed by atoms with Gasteiger partial charge in [0.15, 0.2) is 0 Å². The van der Waals surface area contributed by atoms with Crippen molar-refractivity contribution in [2.45, 2.75) is 52.2 Å². The van der Waals surface area contributed by atoms with Gasteiger partial charge in [0.25, 0.3) is 0 Å². The molecule has 0 unspecified atom stereocenters. The van der Waals surface area contributed by atoms with Crippen LogP contribution in [0.15, 0.2) is 0 Å². The summed E-state index contributed by atoms with van der Waals surface area (Å²) in [4.78, 5) is 0. The van der Waals surface area contributed by atoms with Gasteiger partial charge in [0, 0.05) is 4.75 Å². The van der Waals surface area contributed by atoms with Crippen LogP contribution < -0.4 is 4.72 Å². The molecular formula is C9H23NS. The van der Waals surface area contributed by atoms with Crippen LogP contribution in [0, 0.1) is 0 Å². The van der Waals surface area contributed by atoms with Crippen LogP contribution in [0.25, 0.3) is 0 Å². The molecular weight excluding hydrogens is 154 g/mol. The first-order valence-electron chi connectivity index (χ1n) is 4.53. The molecule has 0 fully saturated rings. The van der Waals surface area contributed by atoms with E-state index in [2.05, 4.69) is 25.5 Å². The minimum Gasteiger partial charge on any atom is -0.267 e. The van der Waals surface area contributed by atoms with Crippen LogP contribution in [0.1, 0.15) is 47.5 Å². The second-order valence-corrected chi connectivity index (χ2v) is 4.06. The predicted molar refractivity (Wildman–Crippen MR) is 57.0 cm³/mol. The van der Waals surface area contributed by atoms with Crippen molar-refractivity contribution in [3.05, 3.63) is 0 Å². The van der Waals surface area contributed by atoms with Gasteiger partial charge in [0.1, 0.15) is 0 Å². The molecule has 1 N–H and O–H groups in total. The van der Waals surface area contributed by atoms with Gasteiger partial charge >= 0.3 is 0 Å². The molecule has 0 rings (SSSR count). The average molecular weight is 177 g/mol. The minimum atomic E-state index is 0.439. The molecule has 70 valence electrons. The molecule has 0 bridgehead atoms. The molecule has 0 amide bonds. The summed E-state index contributed by atoms with van der Waals surface area (Å²) in [6.45, 7) is 10.7. The van der Waals surface area contributed by atoms with Gasteiger partial charge < -0.3 is 0 Å². The van der Waals surface area contributed by atoms with Crippen LogP contribution in [0.3, 0.4) is 0 Å². The fourth-order valence-corrected chi connectivity index (χ4v) is 1.42. The third-order valence-electron chi connectivity index (χ3n) is 1.84. The van der Waals surface area contributed by atoms with E-state index in [9.17, 15) is 0 Å². The highest BCUT2D eigenvalue weighted by molar-refractivity contribution is 7.98. The molecule has 0 heterocycles. The van der Waals surface area contributed by atoms with Gasteiger partial charge in [0.2, 0.25) is 0 Å². The van der Waals surface area contributed by atoms with E-state index in [1.54, 1.807) is 0 Å². The Labute approximate surface area is 76.5 Å². The third kappa shape index (κ3) is 6.70. The Morgan fingerprint density at radius 2 is 1.55 bits per heavy atom. The van der Waals surface area contributed by atoms with Crippen LogP contribution in [-0.2, 0) is 0 Å². The van der Waals surface area contributed by atoms with Crippen molar-refractivity contribution in [3.8, 4) is 0 Å². The highest BCUT2D eigenvalue weighted by Crippen LogP contribution is 2.28. The average Bonchev–Trinajstić information content (AvgIpc) is 2.08. The molecule has 0 radical (unpaired) electrons. The van der Waals surface area contributed by atoms with Crippen LogP contribution in [0.4, 0.5) is 0 Å². The van der Waals surface area contributed by atoms with Crippen molar-refractivity contribution >= 4 is 11.9 Å². The maximum atomic E-state index is 3.13. The Kier molecular flexibility index (Phi) is 10.6. The lowest BCUT2D eigenvalue weighted by Gasteiger charge is -2.24. The van der Waals surface area contributed by atoms with Gasteiger partial charge in [-0.2, -0.15) is 0 Å². The normalized spacial score (nSPS) is 10.4. The summed E-state index contributed by atoms with van der Waals surface area (Å²) in [5, 5.41) is 0. The lowest BCUT2D eigenvalue weighted by Crippen LogP contribution is -2.21. The van der Waals surface area contributed by atoms with Gasteiger partial charge in [0.05, 0.1) is 0 Å². The zero-order valence-corrected chi connectivity index (χ0v) is 9.64. The lowest BCUT2D eigenvalue weighted by atomic mass is 10.1. The maximum Gasteiger partial charge on any atom is 0.0271 e. The Bertz CT molecular complexity index is 70.0. The Hall–Kier alpha value is 0.310. The van der Waals surface area contributed by atoms with Gasteiger partial charge in [-0.25, -0.2) is 0 Å². The molecule has 0 aromatic carbocycles. The Balaban J connectivity index is 0. The van der Waals surface area contributed by atoms with Crippen LogP contribution >= 0.6 is 11.9 Å². The molecule has 0 atom stereocenters. The first-order valence-corrected chi connectivity index (χ1v) is 5.35. The molecule has 0 aliphatic heterocycles. The second kappa shape index (κ2) is 8.41. The van der Waals surface area contributed by atoms with E-state index in [-0.39, 0.29) is 0 Å². The maximum absolute atomic E-state index is 3.13. The molecule has 0 spiro atoms. The van der Waals surface area contributed by atoms with Crippen molar-refractivity contribution in [2.75, 3.05) is 7.05 Å². The van der Waals surface area contributed by atoms with Gasteiger partial charge in [-0.05, 0) is 26.8 Å². The topological polar surface area (TPSA) is 12.0 Å². The minimum absolute atomic E-state index is 0.439. The van der Waals surface area contributed by atoms with Crippen LogP contribution in [-0.4, -0.2) is 11.8 Å². The quantitative estimate of drug-likeness (QED) is 0.660. The zero-order valence-electron chi connectivity index (χ0n) is 8.82. The smallest absolute Gasteiger partial charge is 0.0271 e. The monoisotopic (exact) mass is 177 g/mol. The lowest BCUT2D eigenvalue weighted by molar-refractivity contribution is 0.597. The summed E-state index contributed by atoms with van der Waals surface area (Å²) in [5.74, 6) is 0. The zero-order chi connectivity index (χ0) is 9.33.